The lowest BCUT2D eigenvalue weighted by Crippen LogP contribution is -2.45. The molecule has 0 unspecified atom stereocenters. The summed E-state index contributed by atoms with van der Waals surface area (Å²) in [6, 6.07) is 0. The predicted molar refractivity (Wildman–Crippen MR) is 43.5 cm³/mol. The second-order valence-corrected chi connectivity index (χ2v) is 3.34. The Kier molecular flexibility index (Phi) is 3.03. The molecule has 5 N–H and O–H groups in total. The van der Waals surface area contributed by atoms with Crippen molar-refractivity contribution >= 4 is 11.9 Å². The van der Waals surface area contributed by atoms with E-state index < -0.39 is 17.3 Å². The number of nitrogens with one attached hydrogen (secondary N) is 1. The van der Waals surface area contributed by atoms with Gasteiger partial charge in [-0.1, -0.05) is 0 Å². The van der Waals surface area contributed by atoms with Crippen LogP contribution in [0.15, 0.2) is 0 Å². The minimum absolute atomic E-state index is 0.424. The Morgan fingerprint density at radius 1 is 1.50 bits per heavy atom. The van der Waals surface area contributed by atoms with Crippen molar-refractivity contribution in [3.63, 3.8) is 0 Å². The van der Waals surface area contributed by atoms with E-state index in [0.29, 0.717) is 5.17 Å². The van der Waals surface area contributed by atoms with Crippen LogP contribution >= 0.6 is 0 Å². The Balaban J connectivity index is 4.11. The molecule has 0 saturated carbocycles. The first-order valence-electron chi connectivity index (χ1n) is 3.36. The molecule has 0 heterocycles. The molecule has 0 aliphatic heterocycles. The molecule has 6 nitrogen and oxygen atoms in total. The molecule has 0 fully saturated rings. The molecule has 0 bridgehead atoms. The van der Waals surface area contributed by atoms with Crippen molar-refractivity contribution in [2.24, 2.45) is 17.0 Å². The maximum atomic E-state index is 11.1. The topological polar surface area (TPSA) is 105 Å². The average Bonchev–Trinajstić information content (AvgIpc) is 1.85. The SMILES string of the molecule is CC(C)(C)C(=O)ON(N)C(=N)N. The van der Waals surface area contributed by atoms with Gasteiger partial charge in [0, 0.05) is 0 Å². The van der Waals surface area contributed by atoms with Gasteiger partial charge in [0.1, 0.15) is 0 Å². The van der Waals surface area contributed by atoms with E-state index in [4.69, 9.17) is 17.0 Å². The summed E-state index contributed by atoms with van der Waals surface area (Å²) >= 11 is 0. The van der Waals surface area contributed by atoms with Gasteiger partial charge in [-0.15, -0.1) is 5.17 Å². The van der Waals surface area contributed by atoms with E-state index in [1.54, 1.807) is 20.8 Å². The summed E-state index contributed by atoms with van der Waals surface area (Å²) in [7, 11) is 0. The van der Waals surface area contributed by atoms with Crippen LogP contribution < -0.4 is 11.6 Å². The fourth-order valence-electron chi connectivity index (χ4n) is 0.275. The molecule has 0 aromatic carbocycles. The summed E-state index contributed by atoms with van der Waals surface area (Å²) in [6.07, 6.45) is 0. The van der Waals surface area contributed by atoms with Crippen molar-refractivity contribution in [3.05, 3.63) is 0 Å². The number of nitrogens with two attached hydrogens (primary N) is 2. The lowest BCUT2D eigenvalue weighted by Gasteiger charge is -2.20. The standard InChI is InChI=1S/C6H14N4O2/c1-6(2,3)4(11)12-10(9)5(7)8/h9H2,1-3H3,(H3,7,8). The molecular formula is C6H14N4O2. The van der Waals surface area contributed by atoms with Gasteiger partial charge >= 0.3 is 5.97 Å². The normalized spacial score (nSPS) is 10.7. The molecule has 0 rings (SSSR count). The first-order chi connectivity index (χ1) is 5.25. The number of hydrogen-bond acceptors (Lipinski definition) is 4. The summed E-state index contributed by atoms with van der Waals surface area (Å²) in [5, 5.41) is 7.22. The zero-order valence-electron chi connectivity index (χ0n) is 7.42. The van der Waals surface area contributed by atoms with E-state index in [0.717, 1.165) is 0 Å². The maximum absolute atomic E-state index is 11.1. The van der Waals surface area contributed by atoms with Gasteiger partial charge in [0.2, 0.25) is 5.96 Å². The zero-order chi connectivity index (χ0) is 9.94. The van der Waals surface area contributed by atoms with Crippen LogP contribution in [-0.2, 0) is 9.63 Å². The molecule has 0 amide bonds. The number of carbonyl (C=O) groups is 1. The van der Waals surface area contributed by atoms with Gasteiger partial charge in [-0.2, -0.15) is 0 Å². The van der Waals surface area contributed by atoms with E-state index in [-0.39, 0.29) is 0 Å². The number of nitrogens with zero attached hydrogens (tertiary/aromatic N) is 1. The smallest absolute Gasteiger partial charge is 0.339 e. The molecule has 0 spiro atoms. The van der Waals surface area contributed by atoms with Crippen molar-refractivity contribution in [2.75, 3.05) is 0 Å². The van der Waals surface area contributed by atoms with Crippen LogP contribution in [-0.4, -0.2) is 17.1 Å². The van der Waals surface area contributed by atoms with Gasteiger partial charge in [0.05, 0.1) is 5.41 Å². The van der Waals surface area contributed by atoms with Crippen molar-refractivity contribution < 1.29 is 9.63 Å². The molecule has 0 aromatic rings. The number of guanidine groups is 1. The van der Waals surface area contributed by atoms with Crippen LogP contribution in [0.25, 0.3) is 0 Å². The number of hydroxylamine groups is 1. The second kappa shape index (κ2) is 3.40. The minimum Gasteiger partial charge on any atom is -0.366 e. The van der Waals surface area contributed by atoms with Gasteiger partial charge in [-0.3, -0.25) is 5.41 Å². The molecule has 0 aromatic heterocycles. The van der Waals surface area contributed by atoms with Crippen LogP contribution in [0.1, 0.15) is 20.8 Å². The number of rotatable bonds is 0. The van der Waals surface area contributed by atoms with E-state index in [1.807, 2.05) is 0 Å². The van der Waals surface area contributed by atoms with Crippen LogP contribution in [0.4, 0.5) is 0 Å². The Morgan fingerprint density at radius 3 is 2.17 bits per heavy atom. The Labute approximate surface area is 70.9 Å². The van der Waals surface area contributed by atoms with Gasteiger partial charge in [0.15, 0.2) is 0 Å². The van der Waals surface area contributed by atoms with E-state index in [1.165, 1.54) is 0 Å². The predicted octanol–water partition coefficient (Wildman–Crippen LogP) is -0.440. The monoisotopic (exact) mass is 174 g/mol. The lowest BCUT2D eigenvalue weighted by molar-refractivity contribution is -0.184. The highest BCUT2D eigenvalue weighted by atomic mass is 16.7. The summed E-state index contributed by atoms with van der Waals surface area (Å²) < 4.78 is 0. The van der Waals surface area contributed by atoms with E-state index in [2.05, 4.69) is 4.84 Å². The van der Waals surface area contributed by atoms with Crippen molar-refractivity contribution in [2.45, 2.75) is 20.8 Å². The summed E-state index contributed by atoms with van der Waals surface area (Å²) in [5.74, 6) is 3.99. The Bertz CT molecular complexity index is 196. The molecule has 0 atom stereocenters. The third-order valence-electron chi connectivity index (χ3n) is 1.03. The molecule has 12 heavy (non-hydrogen) atoms. The van der Waals surface area contributed by atoms with Gasteiger partial charge in [-0.05, 0) is 20.8 Å². The lowest BCUT2D eigenvalue weighted by atomic mass is 9.98. The summed E-state index contributed by atoms with van der Waals surface area (Å²) in [4.78, 5) is 15.6. The zero-order valence-corrected chi connectivity index (χ0v) is 7.42. The van der Waals surface area contributed by atoms with Crippen molar-refractivity contribution in [1.82, 2.24) is 5.17 Å². The highest BCUT2D eigenvalue weighted by Gasteiger charge is 2.25. The quantitative estimate of drug-likeness (QED) is 0.200. The molecule has 70 valence electrons. The summed E-state index contributed by atoms with van der Waals surface area (Å²) in [6.45, 7) is 5.01. The third kappa shape index (κ3) is 3.20. The second-order valence-electron chi connectivity index (χ2n) is 3.34. The third-order valence-corrected chi connectivity index (χ3v) is 1.03. The van der Waals surface area contributed by atoms with Gasteiger partial charge in [0.25, 0.3) is 0 Å². The van der Waals surface area contributed by atoms with Crippen LogP contribution in [0.5, 0.6) is 0 Å². The minimum atomic E-state index is -0.660. The van der Waals surface area contributed by atoms with Crippen LogP contribution in [0.2, 0.25) is 0 Å². The largest absolute Gasteiger partial charge is 0.366 e. The highest BCUT2D eigenvalue weighted by molar-refractivity contribution is 5.79. The fourth-order valence-corrected chi connectivity index (χ4v) is 0.275. The molecule has 0 radical (unpaired) electrons. The number of hydrazine groups is 1. The number of hydrogen-bond donors (Lipinski definition) is 3. The van der Waals surface area contributed by atoms with Crippen molar-refractivity contribution in [3.8, 4) is 0 Å². The molecule has 0 aliphatic carbocycles. The maximum Gasteiger partial charge on any atom is 0.339 e. The molecule has 0 aliphatic rings. The van der Waals surface area contributed by atoms with Crippen LogP contribution in [0.3, 0.4) is 0 Å². The van der Waals surface area contributed by atoms with Crippen molar-refractivity contribution in [1.29, 1.82) is 5.41 Å². The molecule has 0 saturated heterocycles. The Morgan fingerprint density at radius 2 is 1.92 bits per heavy atom. The Hall–Kier alpha value is -1.30. The van der Waals surface area contributed by atoms with Gasteiger partial charge in [-0.25, -0.2) is 10.6 Å². The van der Waals surface area contributed by atoms with E-state index >= 15 is 0 Å². The van der Waals surface area contributed by atoms with Gasteiger partial charge < -0.3 is 10.6 Å². The van der Waals surface area contributed by atoms with Crippen LogP contribution in [0, 0.1) is 10.8 Å². The first kappa shape index (κ1) is 10.7. The first-order valence-corrected chi connectivity index (χ1v) is 3.36. The fraction of sp³-hybridized carbons (Fsp3) is 0.667. The molecule has 6 heteroatoms. The highest BCUT2D eigenvalue weighted by Crippen LogP contribution is 2.14. The van der Waals surface area contributed by atoms with E-state index in [9.17, 15) is 4.79 Å². The number of carbonyl (C=O) groups excluding carboxylic acids is 1. The average molecular weight is 174 g/mol. The summed E-state index contributed by atoms with van der Waals surface area (Å²) in [5.41, 5.74) is 4.27. The molecular weight excluding hydrogens is 160 g/mol.